The van der Waals surface area contributed by atoms with Crippen molar-refractivity contribution >= 4 is 11.1 Å². The Morgan fingerprint density at radius 1 is 1.54 bits per heavy atom. The molecule has 1 N–H and O–H groups in total. The van der Waals surface area contributed by atoms with E-state index < -0.39 is 0 Å². The quantitative estimate of drug-likeness (QED) is 0.623. The van der Waals surface area contributed by atoms with E-state index in [2.05, 4.69) is 11.1 Å². The van der Waals surface area contributed by atoms with E-state index in [1.807, 2.05) is 0 Å². The summed E-state index contributed by atoms with van der Waals surface area (Å²) in [6.45, 7) is 0.00194. The van der Waals surface area contributed by atoms with Crippen LogP contribution in [0.2, 0.25) is 0 Å². The van der Waals surface area contributed by atoms with Crippen LogP contribution >= 0.6 is 0 Å². The molecule has 0 aliphatic rings. The van der Waals surface area contributed by atoms with Gasteiger partial charge in [-0.25, -0.2) is 0 Å². The van der Waals surface area contributed by atoms with Crippen molar-refractivity contribution in [1.29, 1.82) is 0 Å². The first-order valence-corrected chi connectivity index (χ1v) is 3.25. The number of rotatable bonds is 1. The van der Waals surface area contributed by atoms with Crippen LogP contribution in [-0.4, -0.2) is 10.1 Å². The van der Waals surface area contributed by atoms with Gasteiger partial charge in [0.25, 0.3) is 0 Å². The summed E-state index contributed by atoms with van der Waals surface area (Å²) in [4.78, 5) is 3.95. The van der Waals surface area contributed by atoms with E-state index in [1.165, 1.54) is 6.26 Å². The Kier molecular flexibility index (Phi) is 5.85. The molecule has 2 aromatic rings. The van der Waals surface area contributed by atoms with Crippen molar-refractivity contribution in [3.8, 4) is 0 Å². The largest absolute Gasteiger partial charge is 0.518 e. The van der Waals surface area contributed by atoms with Gasteiger partial charge in [-0.15, -0.1) is 11.5 Å². The fourth-order valence-electron chi connectivity index (χ4n) is 0.928. The van der Waals surface area contributed by atoms with Gasteiger partial charge in [0.15, 0.2) is 0 Å². The molecule has 0 aliphatic heterocycles. The molecule has 2 rings (SSSR count). The average Bonchev–Trinajstić information content (AvgIpc) is 2.50. The first-order chi connectivity index (χ1) is 5.40. The smallest absolute Gasteiger partial charge is 0.109 e. The van der Waals surface area contributed by atoms with Crippen molar-refractivity contribution in [2.45, 2.75) is 6.61 Å². The molecule has 2 aromatic heterocycles. The predicted octanol–water partition coefficient (Wildman–Crippen LogP) is 1.12. The van der Waals surface area contributed by atoms with Crippen molar-refractivity contribution in [2.24, 2.45) is 0 Å². The third-order valence-corrected chi connectivity index (χ3v) is 1.48. The van der Waals surface area contributed by atoms with E-state index >= 15 is 0 Å². The van der Waals surface area contributed by atoms with Gasteiger partial charge in [0.1, 0.15) is 5.71 Å². The predicted molar refractivity (Wildman–Crippen MR) is 38.8 cm³/mol. The maximum absolute atomic E-state index is 8.75. The summed E-state index contributed by atoms with van der Waals surface area (Å²) < 4.78 is 4.97. The zero-order valence-electron chi connectivity index (χ0n) is 6.70. The van der Waals surface area contributed by atoms with Gasteiger partial charge in [-0.3, -0.25) is 4.98 Å². The summed E-state index contributed by atoms with van der Waals surface area (Å²) in [5.41, 5.74) is 1.33. The number of hydrogen-bond donors (Lipinski definition) is 1. The third kappa shape index (κ3) is 2.79. The van der Waals surface area contributed by atoms with Crippen LogP contribution in [-0.2, 0) is 39.3 Å². The zero-order chi connectivity index (χ0) is 7.68. The van der Waals surface area contributed by atoms with Crippen molar-refractivity contribution in [3.63, 3.8) is 0 Å². The minimum Gasteiger partial charge on any atom is -0.518 e. The third-order valence-electron chi connectivity index (χ3n) is 1.48. The van der Waals surface area contributed by atoms with Crippen LogP contribution in [0.3, 0.4) is 0 Å². The van der Waals surface area contributed by atoms with Gasteiger partial charge in [0, 0.05) is 59.5 Å². The number of nitrogens with zero attached hydrogens (tertiary/aromatic N) is 1. The summed E-state index contributed by atoms with van der Waals surface area (Å²) >= 11 is 0. The Labute approximate surface area is 109 Å². The maximum Gasteiger partial charge on any atom is 0.109 e. The van der Waals surface area contributed by atoms with Gasteiger partial charge in [0.2, 0.25) is 0 Å². The van der Waals surface area contributed by atoms with Gasteiger partial charge < -0.3 is 9.52 Å². The number of aromatic nitrogens is 1. The molecule has 0 aromatic carbocycles. The Hall–Kier alpha value is 0.144. The summed E-state index contributed by atoms with van der Waals surface area (Å²) in [5, 5.41) is 9.55. The number of pyridine rings is 1. The van der Waals surface area contributed by atoms with Gasteiger partial charge in [-0.05, 0) is 0 Å². The normalized spacial score (nSPS) is 9.00. The van der Waals surface area contributed by atoms with Crippen molar-refractivity contribution in [2.75, 3.05) is 0 Å². The minimum absolute atomic E-state index is 0. The zero-order valence-corrected chi connectivity index (χ0v) is 12.7. The standard InChI is InChI=1S/C8H6NO2.Am.Y/c10-5-6-3-7-1-2-11-8(7)9-4-6;;/h2-4,10H,5H2;;/q-1;;. The summed E-state index contributed by atoms with van der Waals surface area (Å²) in [7, 11) is 0. The fraction of sp³-hybridized carbons (Fsp3) is 0.125. The molecule has 13 heavy (non-hydrogen) atoms. The van der Waals surface area contributed by atoms with Gasteiger partial charge in [0.05, 0.1) is 6.61 Å². The molecule has 0 unspecified atom stereocenters. The summed E-state index contributed by atoms with van der Waals surface area (Å²) in [6.07, 6.45) is 3.04. The van der Waals surface area contributed by atoms with Crippen LogP contribution in [0.25, 0.3) is 11.1 Å². The number of aliphatic hydroxyl groups is 1. The molecule has 0 spiro atoms. The van der Waals surface area contributed by atoms with Crippen LogP contribution in [0.4, 0.5) is 0 Å². The minimum atomic E-state index is 0. The number of aliphatic hydroxyl groups excluding tert-OH is 1. The summed E-state index contributed by atoms with van der Waals surface area (Å²) in [5.74, 6) is 0. The molecule has 0 amide bonds. The topological polar surface area (TPSA) is 46.3 Å². The van der Waals surface area contributed by atoms with Crippen molar-refractivity contribution in [3.05, 3.63) is 30.2 Å². The second-order valence-electron chi connectivity index (χ2n) is 2.23. The molecule has 0 bridgehead atoms. The second-order valence-corrected chi connectivity index (χ2v) is 2.23. The molecular formula is C8H6AmNO2Y-. The van der Waals surface area contributed by atoms with Gasteiger partial charge in [-0.2, -0.15) is 6.07 Å². The molecule has 2 radical (unpaired) electrons. The van der Waals surface area contributed by atoms with E-state index in [1.54, 1.807) is 12.3 Å². The molecule has 0 fully saturated rings. The van der Waals surface area contributed by atoms with Crippen molar-refractivity contribution in [1.82, 2.24) is 4.98 Å². The molecule has 0 saturated carbocycles. The van der Waals surface area contributed by atoms with Gasteiger partial charge in [-0.1, -0.05) is 5.56 Å². The number of fused-ring (bicyclic) bond motifs is 1. The first-order valence-electron chi connectivity index (χ1n) is 3.25. The van der Waals surface area contributed by atoms with Crippen LogP contribution < -0.4 is 0 Å². The Morgan fingerprint density at radius 2 is 2.31 bits per heavy atom. The van der Waals surface area contributed by atoms with Crippen LogP contribution in [0.5, 0.6) is 0 Å². The molecule has 0 saturated heterocycles. The average molecular weight is 480 g/mol. The van der Waals surface area contributed by atoms with E-state index in [-0.39, 0.29) is 53.6 Å². The second kappa shape index (κ2) is 5.79. The Balaban J connectivity index is 0.000000720. The van der Waals surface area contributed by atoms with Crippen LogP contribution in [0.1, 0.15) is 5.56 Å². The fourth-order valence-corrected chi connectivity index (χ4v) is 0.928. The first kappa shape index (κ1) is 13.1. The van der Waals surface area contributed by atoms with Crippen LogP contribution in [0.15, 0.2) is 22.9 Å². The molecule has 66 valence electrons. The molecule has 3 nitrogen and oxygen atoms in total. The Bertz CT molecular complexity index is 377. The summed E-state index contributed by atoms with van der Waals surface area (Å²) in [6, 6.07) is 4.65. The molecule has 5 heteroatoms. The maximum atomic E-state index is 8.75. The monoisotopic (exact) mass is 478 g/mol. The molecular weight excluding hydrogens is 474 g/mol. The molecule has 2 heterocycles. The van der Waals surface area contributed by atoms with E-state index in [0.717, 1.165) is 10.9 Å². The van der Waals surface area contributed by atoms with Crippen LogP contribution in [0, 0.1) is 20.3 Å². The van der Waals surface area contributed by atoms with E-state index in [9.17, 15) is 0 Å². The number of furan rings is 1. The molecule has 0 atom stereocenters. The molecule has 0 aliphatic carbocycles. The number of hydrogen-bond acceptors (Lipinski definition) is 3. The Morgan fingerprint density at radius 3 is 3.00 bits per heavy atom. The van der Waals surface area contributed by atoms with E-state index in [0.29, 0.717) is 5.71 Å². The van der Waals surface area contributed by atoms with Gasteiger partial charge >= 0.3 is 0 Å². The SMILES string of the molecule is OCc1cnc2oc[c-]c2c1.[Am].[Y]. The van der Waals surface area contributed by atoms with Crippen molar-refractivity contribution < 1.29 is 56.5 Å². The van der Waals surface area contributed by atoms with E-state index in [4.69, 9.17) is 9.52 Å².